The highest BCUT2D eigenvalue weighted by atomic mass is 79.9. The molecule has 0 unspecified atom stereocenters. The average Bonchev–Trinajstić information content (AvgIpc) is 3.47. The molecule has 6 rings (SSSR count). The molecule has 3 aromatic carbocycles. The molecule has 0 bridgehead atoms. The number of nitrogens with one attached hydrogen (secondary N) is 1. The van der Waals surface area contributed by atoms with Crippen molar-refractivity contribution in [3.8, 4) is 11.5 Å². The Labute approximate surface area is 279 Å². The van der Waals surface area contributed by atoms with Crippen molar-refractivity contribution in [1.29, 1.82) is 0 Å². The number of imide groups is 1. The molecule has 3 N–H and O–H groups in total. The summed E-state index contributed by atoms with van der Waals surface area (Å²) in [5, 5.41) is 7.34. The number of nitrogens with two attached hydrogens (primary N) is 1. The van der Waals surface area contributed by atoms with Crippen LogP contribution in [0.4, 0.5) is 11.4 Å². The van der Waals surface area contributed by atoms with E-state index < -0.39 is 49.7 Å². The van der Waals surface area contributed by atoms with Crippen molar-refractivity contribution in [2.45, 2.75) is 27.6 Å². The normalized spacial score (nSPS) is 19.0. The number of carbonyl (C=O) groups is 3. The van der Waals surface area contributed by atoms with Crippen molar-refractivity contribution in [3.05, 3.63) is 91.3 Å². The van der Waals surface area contributed by atoms with Crippen LogP contribution in [-0.4, -0.2) is 50.2 Å². The van der Waals surface area contributed by atoms with Gasteiger partial charge >= 0.3 is 4.87 Å². The minimum absolute atomic E-state index is 0.117. The molecular formula is C30H25BrN4O8S3. The number of benzene rings is 3. The molecule has 0 aliphatic carbocycles. The number of methoxy groups -OCH3 is 2. The second-order valence-electron chi connectivity index (χ2n) is 10.4. The SMILES string of the molecule is COc1ccc([C@@H]2c3sc(=O)n(CC(=O)Nc4ccc(S(N)(=O)=O)cc4)c3S[C@H]3C(=O)N(c4ccc(Br)cc4)C(=O)[C@@H]23)cc1OC. The molecule has 2 aliphatic heterocycles. The third-order valence-corrected chi connectivity index (χ3v) is 11.7. The van der Waals surface area contributed by atoms with Gasteiger partial charge < -0.3 is 14.8 Å². The summed E-state index contributed by atoms with van der Waals surface area (Å²) < 4.78 is 36.2. The highest BCUT2D eigenvalue weighted by Crippen LogP contribution is 2.54. The zero-order valence-corrected chi connectivity index (χ0v) is 28.2. The van der Waals surface area contributed by atoms with Gasteiger partial charge in [-0.05, 0) is 66.2 Å². The van der Waals surface area contributed by atoms with Gasteiger partial charge in [0, 0.05) is 21.0 Å². The average molecular weight is 746 g/mol. The Morgan fingerprint density at radius 2 is 1.63 bits per heavy atom. The van der Waals surface area contributed by atoms with E-state index >= 15 is 0 Å². The summed E-state index contributed by atoms with van der Waals surface area (Å²) in [4.78, 5) is 55.8. The van der Waals surface area contributed by atoms with Gasteiger partial charge in [-0.2, -0.15) is 0 Å². The summed E-state index contributed by atoms with van der Waals surface area (Å²) in [6, 6.07) is 17.3. The minimum Gasteiger partial charge on any atom is -0.493 e. The van der Waals surface area contributed by atoms with E-state index in [1.807, 2.05) is 0 Å². The quantitative estimate of drug-likeness (QED) is 0.255. The highest BCUT2D eigenvalue weighted by molar-refractivity contribution is 9.10. The Bertz CT molecular complexity index is 2050. The van der Waals surface area contributed by atoms with Crippen LogP contribution < -0.4 is 29.7 Å². The standard InChI is InChI=1S/C30H25BrN4O8S3/c1-42-20-12-3-15(13-21(20)43-2)23-24-25(28(38)35(27(24)37)18-8-4-16(31)5-9-18)44-29-26(23)45-30(39)34(29)14-22(36)33-17-6-10-19(11-7-17)46(32,40)41/h3-13,23-25H,14H2,1-2H3,(H,33,36)(H2,32,40,41)/t23-,24-,25+/m0/s1. The lowest BCUT2D eigenvalue weighted by atomic mass is 9.83. The lowest BCUT2D eigenvalue weighted by Crippen LogP contribution is -2.33. The summed E-state index contributed by atoms with van der Waals surface area (Å²) >= 11 is 5.39. The predicted octanol–water partition coefficient (Wildman–Crippen LogP) is 3.77. The van der Waals surface area contributed by atoms with Gasteiger partial charge in [-0.3, -0.25) is 23.7 Å². The van der Waals surface area contributed by atoms with Crippen molar-refractivity contribution in [1.82, 2.24) is 4.57 Å². The zero-order valence-electron chi connectivity index (χ0n) is 24.1. The molecule has 3 atom stereocenters. The summed E-state index contributed by atoms with van der Waals surface area (Å²) in [7, 11) is -0.921. The van der Waals surface area contributed by atoms with Crippen LogP contribution in [0.25, 0.3) is 0 Å². The summed E-state index contributed by atoms with van der Waals surface area (Å²) in [5.74, 6) is -2.04. The van der Waals surface area contributed by atoms with Gasteiger partial charge in [-0.15, -0.1) is 0 Å². The van der Waals surface area contributed by atoms with Crippen LogP contribution in [0.1, 0.15) is 16.4 Å². The fourth-order valence-corrected chi connectivity index (χ4v) is 9.13. The zero-order chi connectivity index (χ0) is 32.9. The Balaban J connectivity index is 1.40. The number of anilines is 2. The maximum atomic E-state index is 14.1. The van der Waals surface area contributed by atoms with E-state index in [9.17, 15) is 27.6 Å². The number of ether oxygens (including phenoxy) is 2. The second-order valence-corrected chi connectivity index (χ2v) is 15.0. The number of sulfonamides is 1. The summed E-state index contributed by atoms with van der Waals surface area (Å²) in [5.41, 5.74) is 1.36. The fraction of sp³-hybridized carbons (Fsp3) is 0.200. The van der Waals surface area contributed by atoms with Crippen LogP contribution in [0.15, 0.2) is 85.9 Å². The molecule has 12 nitrogen and oxygen atoms in total. The first-order valence-corrected chi connectivity index (χ1v) is 17.6. The number of hydrogen-bond donors (Lipinski definition) is 2. The molecule has 1 fully saturated rings. The number of carbonyl (C=O) groups excluding carboxylic acids is 3. The first-order valence-electron chi connectivity index (χ1n) is 13.6. The van der Waals surface area contributed by atoms with Crippen LogP contribution in [0, 0.1) is 5.92 Å². The number of thioether (sulfide) groups is 1. The van der Waals surface area contributed by atoms with Crippen LogP contribution >= 0.6 is 39.0 Å². The molecule has 0 radical (unpaired) electrons. The highest BCUT2D eigenvalue weighted by Gasteiger charge is 2.57. The number of primary sulfonamides is 1. The lowest BCUT2D eigenvalue weighted by Gasteiger charge is -2.31. The Kier molecular flexibility index (Phi) is 8.58. The summed E-state index contributed by atoms with van der Waals surface area (Å²) in [6.45, 7) is -0.386. The van der Waals surface area contributed by atoms with Crippen LogP contribution in [0.3, 0.4) is 0 Å². The van der Waals surface area contributed by atoms with Gasteiger partial charge in [-0.1, -0.05) is 45.1 Å². The van der Waals surface area contributed by atoms with Gasteiger partial charge in [0.25, 0.3) is 0 Å². The molecule has 0 spiro atoms. The molecule has 2 aliphatic rings. The van der Waals surface area contributed by atoms with E-state index in [-0.39, 0.29) is 11.4 Å². The van der Waals surface area contributed by atoms with Gasteiger partial charge in [0.1, 0.15) is 11.8 Å². The molecule has 1 aromatic heterocycles. The molecule has 0 saturated carbocycles. The van der Waals surface area contributed by atoms with E-state index in [0.29, 0.717) is 38.3 Å². The molecule has 1 saturated heterocycles. The van der Waals surface area contributed by atoms with E-state index in [1.165, 1.54) is 48.0 Å². The number of thiazole rings is 1. The lowest BCUT2D eigenvalue weighted by molar-refractivity contribution is -0.122. The van der Waals surface area contributed by atoms with Gasteiger partial charge in [0.2, 0.25) is 27.7 Å². The third kappa shape index (κ3) is 5.75. The first kappa shape index (κ1) is 32.0. The third-order valence-electron chi connectivity index (χ3n) is 7.67. The van der Waals surface area contributed by atoms with Crippen molar-refractivity contribution in [2.75, 3.05) is 24.4 Å². The number of rotatable bonds is 8. The molecule has 3 amide bonds. The maximum absolute atomic E-state index is 14.1. The van der Waals surface area contributed by atoms with Crippen molar-refractivity contribution in [2.24, 2.45) is 11.1 Å². The number of fused-ring (bicyclic) bond motifs is 2. The van der Waals surface area contributed by atoms with Crippen LogP contribution in [-0.2, 0) is 31.0 Å². The molecule has 16 heteroatoms. The molecular weight excluding hydrogens is 720 g/mol. The number of hydrogen-bond acceptors (Lipinski definition) is 10. The van der Waals surface area contributed by atoms with E-state index in [4.69, 9.17) is 14.6 Å². The molecule has 238 valence electrons. The van der Waals surface area contributed by atoms with Crippen LogP contribution in [0.2, 0.25) is 0 Å². The van der Waals surface area contributed by atoms with Gasteiger partial charge in [0.15, 0.2) is 11.5 Å². The smallest absolute Gasteiger partial charge is 0.308 e. The monoisotopic (exact) mass is 744 g/mol. The molecule has 4 aromatic rings. The van der Waals surface area contributed by atoms with Crippen molar-refractivity contribution < 1.29 is 32.3 Å². The van der Waals surface area contributed by atoms with Gasteiger partial charge in [0.05, 0.1) is 35.7 Å². The first-order chi connectivity index (χ1) is 21.9. The topological polar surface area (TPSA) is 167 Å². The van der Waals surface area contributed by atoms with E-state index in [1.54, 1.807) is 42.5 Å². The Hall–Kier alpha value is -3.96. The predicted molar refractivity (Wildman–Crippen MR) is 176 cm³/mol. The van der Waals surface area contributed by atoms with E-state index in [2.05, 4.69) is 21.2 Å². The van der Waals surface area contributed by atoms with Crippen LogP contribution in [0.5, 0.6) is 11.5 Å². The minimum atomic E-state index is -3.91. The van der Waals surface area contributed by atoms with E-state index in [0.717, 1.165) is 27.6 Å². The van der Waals surface area contributed by atoms with Gasteiger partial charge in [-0.25, -0.2) is 18.5 Å². The Morgan fingerprint density at radius 1 is 0.957 bits per heavy atom. The number of nitrogens with zero attached hydrogens (tertiary/aromatic N) is 2. The van der Waals surface area contributed by atoms with Crippen molar-refractivity contribution >= 4 is 78.1 Å². The summed E-state index contributed by atoms with van der Waals surface area (Å²) in [6.07, 6.45) is 0. The van der Waals surface area contributed by atoms with Crippen molar-refractivity contribution in [3.63, 3.8) is 0 Å². The number of amides is 3. The second kappa shape index (κ2) is 12.3. The number of aromatic nitrogens is 1. The Morgan fingerprint density at radius 3 is 2.26 bits per heavy atom. The molecule has 46 heavy (non-hydrogen) atoms. The maximum Gasteiger partial charge on any atom is 0.308 e. The molecule has 3 heterocycles. The fourth-order valence-electron chi connectivity index (χ4n) is 5.58. The largest absolute Gasteiger partial charge is 0.493 e. The number of halogens is 1.